The number of hydrogen-bond acceptors (Lipinski definition) is 3. The summed E-state index contributed by atoms with van der Waals surface area (Å²) >= 11 is 13.5. The first-order valence-corrected chi connectivity index (χ1v) is 6.41. The lowest BCUT2D eigenvalue weighted by molar-refractivity contribution is 0.870. The van der Waals surface area contributed by atoms with E-state index in [1.54, 1.807) is 23.6 Å². The van der Waals surface area contributed by atoms with Crippen LogP contribution in [-0.2, 0) is 0 Å². The van der Waals surface area contributed by atoms with Crippen LogP contribution in [0.2, 0.25) is 10.0 Å². The predicted octanol–water partition coefficient (Wildman–Crippen LogP) is 4.62. The Labute approximate surface area is 108 Å². The lowest BCUT2D eigenvalue weighted by Gasteiger charge is -2.14. The fourth-order valence-electron chi connectivity index (χ4n) is 1.35. The van der Waals surface area contributed by atoms with Crippen LogP contribution in [0.25, 0.3) is 0 Å². The lowest BCUT2D eigenvalue weighted by atomic mass is 10.2. The number of anilines is 1. The minimum absolute atomic E-state index is 0.138. The molecule has 2 rings (SSSR count). The van der Waals surface area contributed by atoms with Gasteiger partial charge in [0.25, 0.3) is 0 Å². The van der Waals surface area contributed by atoms with Crippen molar-refractivity contribution < 1.29 is 0 Å². The fraction of sp³-hybridized carbons (Fsp3) is 0.182. The van der Waals surface area contributed by atoms with Gasteiger partial charge in [0, 0.05) is 16.6 Å². The van der Waals surface area contributed by atoms with Gasteiger partial charge in [-0.15, -0.1) is 11.3 Å². The van der Waals surface area contributed by atoms with E-state index in [1.807, 2.05) is 24.4 Å². The topological polar surface area (TPSA) is 24.9 Å². The summed E-state index contributed by atoms with van der Waals surface area (Å²) in [6, 6.07) is 5.54. The molecule has 1 N–H and O–H groups in total. The highest BCUT2D eigenvalue weighted by Crippen LogP contribution is 2.29. The van der Waals surface area contributed by atoms with E-state index in [0.717, 1.165) is 10.7 Å². The molecular formula is C11H10Cl2N2S. The standard InChI is InChI=1S/C11H10Cl2N2S/c1-7(11-14-4-5-16-11)15-10-3-2-8(12)6-9(10)13/h2-7,15H,1H3. The first kappa shape index (κ1) is 11.7. The summed E-state index contributed by atoms with van der Waals surface area (Å²) in [6.07, 6.45) is 1.79. The van der Waals surface area contributed by atoms with Crippen molar-refractivity contribution in [2.45, 2.75) is 13.0 Å². The van der Waals surface area contributed by atoms with Crippen LogP contribution < -0.4 is 5.32 Å². The van der Waals surface area contributed by atoms with E-state index in [9.17, 15) is 0 Å². The van der Waals surface area contributed by atoms with E-state index in [-0.39, 0.29) is 6.04 Å². The maximum Gasteiger partial charge on any atom is 0.115 e. The molecular weight excluding hydrogens is 263 g/mol. The highest BCUT2D eigenvalue weighted by Gasteiger charge is 2.09. The van der Waals surface area contributed by atoms with Crippen molar-refractivity contribution in [1.29, 1.82) is 0 Å². The number of aromatic nitrogens is 1. The van der Waals surface area contributed by atoms with Gasteiger partial charge in [-0.2, -0.15) is 0 Å². The van der Waals surface area contributed by atoms with Gasteiger partial charge in [0.05, 0.1) is 16.8 Å². The predicted molar refractivity (Wildman–Crippen MR) is 70.6 cm³/mol. The van der Waals surface area contributed by atoms with Gasteiger partial charge >= 0.3 is 0 Å². The van der Waals surface area contributed by atoms with Gasteiger partial charge in [-0.3, -0.25) is 0 Å². The molecule has 0 bridgehead atoms. The van der Waals surface area contributed by atoms with Gasteiger partial charge < -0.3 is 5.32 Å². The number of halogens is 2. The number of rotatable bonds is 3. The minimum Gasteiger partial charge on any atom is -0.375 e. The van der Waals surface area contributed by atoms with Gasteiger partial charge in [-0.05, 0) is 25.1 Å². The Bertz CT molecular complexity index is 471. The molecule has 2 nitrogen and oxygen atoms in total. The van der Waals surface area contributed by atoms with Crippen LogP contribution in [0.4, 0.5) is 5.69 Å². The smallest absolute Gasteiger partial charge is 0.115 e. The molecule has 1 unspecified atom stereocenters. The Morgan fingerprint density at radius 3 is 2.81 bits per heavy atom. The number of hydrogen-bond donors (Lipinski definition) is 1. The molecule has 0 aliphatic heterocycles. The number of nitrogens with one attached hydrogen (secondary N) is 1. The van der Waals surface area contributed by atoms with Crippen molar-refractivity contribution in [2.24, 2.45) is 0 Å². The zero-order valence-electron chi connectivity index (χ0n) is 8.58. The zero-order valence-corrected chi connectivity index (χ0v) is 10.9. The third kappa shape index (κ3) is 2.67. The normalized spacial score (nSPS) is 12.4. The molecule has 0 aliphatic rings. The van der Waals surface area contributed by atoms with Crippen LogP contribution in [0.15, 0.2) is 29.8 Å². The molecule has 1 aromatic carbocycles. The number of thiazole rings is 1. The van der Waals surface area contributed by atoms with Crippen LogP contribution >= 0.6 is 34.5 Å². The number of nitrogens with zero attached hydrogens (tertiary/aromatic N) is 1. The van der Waals surface area contributed by atoms with Crippen LogP contribution in [0.3, 0.4) is 0 Å². The molecule has 16 heavy (non-hydrogen) atoms. The van der Waals surface area contributed by atoms with Gasteiger partial charge in [0.15, 0.2) is 0 Å². The molecule has 1 aromatic heterocycles. The molecule has 5 heteroatoms. The summed E-state index contributed by atoms with van der Waals surface area (Å²) in [7, 11) is 0. The summed E-state index contributed by atoms with van der Waals surface area (Å²) in [6.45, 7) is 2.05. The maximum atomic E-state index is 6.07. The second-order valence-electron chi connectivity index (χ2n) is 3.36. The molecule has 0 amide bonds. The first-order chi connectivity index (χ1) is 7.66. The van der Waals surface area contributed by atoms with Crippen molar-refractivity contribution in [1.82, 2.24) is 4.98 Å². The highest BCUT2D eigenvalue weighted by atomic mass is 35.5. The highest BCUT2D eigenvalue weighted by molar-refractivity contribution is 7.09. The molecule has 0 fully saturated rings. The Kier molecular flexibility index (Phi) is 3.69. The summed E-state index contributed by atoms with van der Waals surface area (Å²) in [5, 5.41) is 7.54. The lowest BCUT2D eigenvalue weighted by Crippen LogP contribution is -2.06. The van der Waals surface area contributed by atoms with E-state index in [1.165, 1.54) is 0 Å². The largest absolute Gasteiger partial charge is 0.375 e. The Balaban J connectivity index is 2.15. The van der Waals surface area contributed by atoms with Crippen molar-refractivity contribution in [3.05, 3.63) is 44.8 Å². The van der Waals surface area contributed by atoms with Crippen molar-refractivity contribution >= 4 is 40.2 Å². The van der Waals surface area contributed by atoms with E-state index < -0.39 is 0 Å². The second kappa shape index (κ2) is 5.04. The average molecular weight is 273 g/mol. The molecule has 2 aromatic rings. The van der Waals surface area contributed by atoms with Crippen LogP contribution in [-0.4, -0.2) is 4.98 Å². The number of benzene rings is 1. The van der Waals surface area contributed by atoms with Crippen LogP contribution in [0, 0.1) is 0 Å². The molecule has 84 valence electrons. The third-order valence-electron chi connectivity index (χ3n) is 2.12. The van der Waals surface area contributed by atoms with E-state index in [2.05, 4.69) is 10.3 Å². The van der Waals surface area contributed by atoms with Crippen LogP contribution in [0.1, 0.15) is 18.0 Å². The quantitative estimate of drug-likeness (QED) is 0.882. The summed E-state index contributed by atoms with van der Waals surface area (Å²) in [5.74, 6) is 0. The van der Waals surface area contributed by atoms with Crippen molar-refractivity contribution in [3.63, 3.8) is 0 Å². The summed E-state index contributed by atoms with van der Waals surface area (Å²) in [4.78, 5) is 4.25. The maximum absolute atomic E-state index is 6.07. The fourth-order valence-corrected chi connectivity index (χ4v) is 2.46. The molecule has 1 heterocycles. The summed E-state index contributed by atoms with van der Waals surface area (Å²) < 4.78 is 0. The van der Waals surface area contributed by atoms with Crippen LogP contribution in [0.5, 0.6) is 0 Å². The van der Waals surface area contributed by atoms with E-state index in [0.29, 0.717) is 10.0 Å². The Morgan fingerprint density at radius 1 is 1.38 bits per heavy atom. The molecule has 1 atom stereocenters. The van der Waals surface area contributed by atoms with Gasteiger partial charge in [0.1, 0.15) is 5.01 Å². The zero-order chi connectivity index (χ0) is 11.5. The van der Waals surface area contributed by atoms with E-state index in [4.69, 9.17) is 23.2 Å². The molecule has 0 aliphatic carbocycles. The van der Waals surface area contributed by atoms with Gasteiger partial charge in [-0.25, -0.2) is 4.98 Å². The Morgan fingerprint density at radius 2 is 2.19 bits per heavy atom. The Hall–Kier alpha value is -0.770. The van der Waals surface area contributed by atoms with Crippen molar-refractivity contribution in [3.8, 4) is 0 Å². The van der Waals surface area contributed by atoms with E-state index >= 15 is 0 Å². The monoisotopic (exact) mass is 272 g/mol. The molecule has 0 spiro atoms. The molecule has 0 saturated carbocycles. The minimum atomic E-state index is 0.138. The van der Waals surface area contributed by atoms with Crippen molar-refractivity contribution in [2.75, 3.05) is 5.32 Å². The second-order valence-corrected chi connectivity index (χ2v) is 5.13. The summed E-state index contributed by atoms with van der Waals surface area (Å²) in [5.41, 5.74) is 0.869. The average Bonchev–Trinajstić information content (AvgIpc) is 2.75. The molecule has 0 radical (unpaired) electrons. The van der Waals surface area contributed by atoms with Gasteiger partial charge in [-0.1, -0.05) is 23.2 Å². The van der Waals surface area contributed by atoms with Gasteiger partial charge in [0.2, 0.25) is 0 Å². The first-order valence-electron chi connectivity index (χ1n) is 4.78. The third-order valence-corrected chi connectivity index (χ3v) is 3.63. The SMILES string of the molecule is CC(Nc1ccc(Cl)cc1Cl)c1nccs1. The molecule has 0 saturated heterocycles.